The number of aliphatic hydroxyl groups excluding tert-OH is 1. The molecule has 1 N–H and O–H groups in total. The maximum absolute atomic E-state index is 10.6. The van der Waals surface area contributed by atoms with Crippen LogP contribution in [-0.4, -0.2) is 27.4 Å². The van der Waals surface area contributed by atoms with Gasteiger partial charge >= 0.3 is 0 Å². The highest BCUT2D eigenvalue weighted by Gasteiger charge is 2.43. The SMILES string of the molecule is COC1(C(O)c2nccn2C)CCCC(C)C1. The van der Waals surface area contributed by atoms with E-state index in [4.69, 9.17) is 4.74 Å². The lowest BCUT2D eigenvalue weighted by molar-refractivity contribution is -0.137. The highest BCUT2D eigenvalue weighted by Crippen LogP contribution is 2.42. The molecule has 0 bridgehead atoms. The van der Waals surface area contributed by atoms with Crippen molar-refractivity contribution in [1.82, 2.24) is 9.55 Å². The van der Waals surface area contributed by atoms with Gasteiger partial charge in [0.05, 0.1) is 0 Å². The number of hydrogen-bond donors (Lipinski definition) is 1. The largest absolute Gasteiger partial charge is 0.382 e. The van der Waals surface area contributed by atoms with E-state index in [-0.39, 0.29) is 0 Å². The first-order chi connectivity index (χ1) is 8.09. The van der Waals surface area contributed by atoms with Gasteiger partial charge in [0, 0.05) is 26.6 Å². The summed E-state index contributed by atoms with van der Waals surface area (Å²) < 4.78 is 7.55. The lowest BCUT2D eigenvalue weighted by Crippen LogP contribution is -2.43. The van der Waals surface area contributed by atoms with Gasteiger partial charge in [-0.15, -0.1) is 0 Å². The van der Waals surface area contributed by atoms with Gasteiger partial charge in [-0.25, -0.2) is 4.98 Å². The summed E-state index contributed by atoms with van der Waals surface area (Å²) in [6, 6.07) is 0. The molecule has 0 aromatic carbocycles. The van der Waals surface area contributed by atoms with Gasteiger partial charge < -0.3 is 14.4 Å². The minimum Gasteiger partial charge on any atom is -0.382 e. The van der Waals surface area contributed by atoms with E-state index in [1.165, 1.54) is 6.42 Å². The molecule has 3 unspecified atom stereocenters. The van der Waals surface area contributed by atoms with E-state index < -0.39 is 11.7 Å². The number of aryl methyl sites for hydroxylation is 1. The summed E-state index contributed by atoms with van der Waals surface area (Å²) in [6.45, 7) is 2.22. The van der Waals surface area contributed by atoms with Gasteiger partial charge in [-0.2, -0.15) is 0 Å². The van der Waals surface area contributed by atoms with Crippen LogP contribution in [0.5, 0.6) is 0 Å². The quantitative estimate of drug-likeness (QED) is 0.876. The normalized spacial score (nSPS) is 31.4. The van der Waals surface area contributed by atoms with Crippen LogP contribution in [0.4, 0.5) is 0 Å². The molecule has 0 amide bonds. The summed E-state index contributed by atoms with van der Waals surface area (Å²) in [4.78, 5) is 4.24. The number of methoxy groups -OCH3 is 1. The van der Waals surface area contributed by atoms with Crippen molar-refractivity contribution in [3.05, 3.63) is 18.2 Å². The van der Waals surface area contributed by atoms with Crippen LogP contribution in [0, 0.1) is 5.92 Å². The van der Waals surface area contributed by atoms with Crippen LogP contribution in [-0.2, 0) is 11.8 Å². The zero-order valence-electron chi connectivity index (χ0n) is 10.9. The van der Waals surface area contributed by atoms with Crippen LogP contribution in [0.3, 0.4) is 0 Å². The van der Waals surface area contributed by atoms with Gasteiger partial charge in [-0.3, -0.25) is 0 Å². The molecule has 4 nitrogen and oxygen atoms in total. The zero-order valence-corrected chi connectivity index (χ0v) is 10.9. The summed E-state index contributed by atoms with van der Waals surface area (Å²) in [7, 11) is 3.60. The van der Waals surface area contributed by atoms with E-state index in [0.29, 0.717) is 11.7 Å². The van der Waals surface area contributed by atoms with E-state index >= 15 is 0 Å². The fraction of sp³-hybridized carbons (Fsp3) is 0.769. The molecule has 1 aliphatic carbocycles. The van der Waals surface area contributed by atoms with Crippen molar-refractivity contribution in [2.45, 2.75) is 44.3 Å². The zero-order chi connectivity index (χ0) is 12.5. The smallest absolute Gasteiger partial charge is 0.141 e. The van der Waals surface area contributed by atoms with E-state index in [1.807, 2.05) is 17.8 Å². The second kappa shape index (κ2) is 4.78. The van der Waals surface area contributed by atoms with Crippen molar-refractivity contribution in [3.8, 4) is 0 Å². The minimum atomic E-state index is -0.643. The number of aliphatic hydroxyl groups is 1. The predicted molar refractivity (Wildman–Crippen MR) is 65.5 cm³/mol. The molecule has 1 aromatic heterocycles. The Kier molecular flexibility index (Phi) is 3.54. The Balaban J connectivity index is 2.26. The molecular formula is C13H22N2O2. The molecule has 0 spiro atoms. The Bertz CT molecular complexity index is 377. The topological polar surface area (TPSA) is 47.3 Å². The van der Waals surface area contributed by atoms with Gasteiger partial charge in [0.15, 0.2) is 0 Å². The molecule has 1 fully saturated rings. The lowest BCUT2D eigenvalue weighted by atomic mass is 9.75. The molecule has 2 rings (SSSR count). The van der Waals surface area contributed by atoms with Crippen LogP contribution in [0.2, 0.25) is 0 Å². The molecule has 96 valence electrons. The average Bonchev–Trinajstić information content (AvgIpc) is 2.74. The van der Waals surface area contributed by atoms with Crippen LogP contribution < -0.4 is 0 Å². The number of imidazole rings is 1. The Hall–Kier alpha value is -0.870. The highest BCUT2D eigenvalue weighted by atomic mass is 16.5. The molecule has 1 aromatic rings. The fourth-order valence-electron chi connectivity index (χ4n) is 2.96. The summed E-state index contributed by atoms with van der Waals surface area (Å²) in [5.74, 6) is 1.29. The molecule has 4 heteroatoms. The van der Waals surface area contributed by atoms with Gasteiger partial charge in [0.2, 0.25) is 0 Å². The number of ether oxygens (including phenoxy) is 1. The fourth-order valence-corrected chi connectivity index (χ4v) is 2.96. The van der Waals surface area contributed by atoms with Crippen molar-refractivity contribution in [2.75, 3.05) is 7.11 Å². The maximum Gasteiger partial charge on any atom is 0.141 e. The van der Waals surface area contributed by atoms with Crippen molar-refractivity contribution in [1.29, 1.82) is 0 Å². The number of nitrogens with zero attached hydrogens (tertiary/aromatic N) is 2. The van der Waals surface area contributed by atoms with Crippen LogP contribution in [0.25, 0.3) is 0 Å². The van der Waals surface area contributed by atoms with Crippen molar-refractivity contribution in [3.63, 3.8) is 0 Å². The molecule has 1 aliphatic rings. The average molecular weight is 238 g/mol. The summed E-state index contributed by atoms with van der Waals surface area (Å²) in [5.41, 5.74) is -0.462. The van der Waals surface area contributed by atoms with Gasteiger partial charge in [0.1, 0.15) is 17.5 Å². The van der Waals surface area contributed by atoms with Crippen LogP contribution in [0.15, 0.2) is 12.4 Å². The molecule has 1 saturated carbocycles. The Morgan fingerprint density at radius 3 is 2.94 bits per heavy atom. The van der Waals surface area contributed by atoms with E-state index in [0.717, 1.165) is 19.3 Å². The van der Waals surface area contributed by atoms with Crippen molar-refractivity contribution >= 4 is 0 Å². The monoisotopic (exact) mass is 238 g/mol. The van der Waals surface area contributed by atoms with Crippen LogP contribution >= 0.6 is 0 Å². The molecule has 17 heavy (non-hydrogen) atoms. The summed E-state index contributed by atoms with van der Waals surface area (Å²) >= 11 is 0. The molecule has 1 heterocycles. The van der Waals surface area contributed by atoms with E-state index in [9.17, 15) is 5.11 Å². The Labute approximate surface area is 103 Å². The third-order valence-corrected chi connectivity index (χ3v) is 4.00. The molecular weight excluding hydrogens is 216 g/mol. The summed E-state index contributed by atoms with van der Waals surface area (Å²) in [5, 5.41) is 10.6. The van der Waals surface area contributed by atoms with E-state index in [1.54, 1.807) is 13.3 Å². The third kappa shape index (κ3) is 2.24. The van der Waals surface area contributed by atoms with Gasteiger partial charge in [0.25, 0.3) is 0 Å². The first kappa shape index (κ1) is 12.6. The van der Waals surface area contributed by atoms with Crippen molar-refractivity contribution in [2.24, 2.45) is 13.0 Å². The van der Waals surface area contributed by atoms with Crippen molar-refractivity contribution < 1.29 is 9.84 Å². The molecule has 0 saturated heterocycles. The maximum atomic E-state index is 10.6. The Morgan fingerprint density at radius 2 is 2.41 bits per heavy atom. The standard InChI is InChI=1S/C13H22N2O2/c1-10-5-4-6-13(9-10,17-3)11(16)12-14-7-8-15(12)2/h7-8,10-11,16H,4-6,9H2,1-3H3. The van der Waals surface area contributed by atoms with Crippen LogP contribution in [0.1, 0.15) is 44.5 Å². The van der Waals surface area contributed by atoms with E-state index in [2.05, 4.69) is 11.9 Å². The Morgan fingerprint density at radius 1 is 1.65 bits per heavy atom. The highest BCUT2D eigenvalue weighted by molar-refractivity contribution is 5.05. The first-order valence-corrected chi connectivity index (χ1v) is 6.29. The second-order valence-corrected chi connectivity index (χ2v) is 5.27. The number of aromatic nitrogens is 2. The number of hydrogen-bond acceptors (Lipinski definition) is 3. The summed E-state index contributed by atoms with van der Waals surface area (Å²) in [6.07, 6.45) is 7.06. The molecule has 0 aliphatic heterocycles. The van der Waals surface area contributed by atoms with Gasteiger partial charge in [-0.1, -0.05) is 19.8 Å². The predicted octanol–water partition coefficient (Wildman–Crippen LogP) is 2.05. The minimum absolute atomic E-state index is 0.462. The first-order valence-electron chi connectivity index (χ1n) is 6.29. The third-order valence-electron chi connectivity index (χ3n) is 4.00. The molecule has 0 radical (unpaired) electrons. The lowest BCUT2D eigenvalue weighted by Gasteiger charge is -2.41. The number of rotatable bonds is 3. The second-order valence-electron chi connectivity index (χ2n) is 5.27. The van der Waals surface area contributed by atoms with Gasteiger partial charge in [-0.05, 0) is 18.8 Å². The molecule has 3 atom stereocenters.